The Labute approximate surface area is 118 Å². The molecule has 0 aliphatic carbocycles. The Balaban J connectivity index is 1.65. The zero-order valence-electron chi connectivity index (χ0n) is 11.7. The summed E-state index contributed by atoms with van der Waals surface area (Å²) < 4.78 is 5.87. The van der Waals surface area contributed by atoms with Crippen LogP contribution in [0.4, 0.5) is 0 Å². The molecule has 4 heteroatoms. The molecule has 104 valence electrons. The van der Waals surface area contributed by atoms with Gasteiger partial charge in [0.05, 0.1) is 12.1 Å². The van der Waals surface area contributed by atoms with Gasteiger partial charge < -0.3 is 14.6 Å². The Hall–Kier alpha value is -2.23. The average Bonchev–Trinajstić information content (AvgIpc) is 3.03. The summed E-state index contributed by atoms with van der Waals surface area (Å²) >= 11 is 0. The largest absolute Gasteiger partial charge is 0.488 e. The molecule has 4 nitrogen and oxygen atoms in total. The molecular weight excluding hydrogens is 252 g/mol. The number of aryl methyl sites for hydroxylation is 1. The lowest BCUT2D eigenvalue weighted by Crippen LogP contribution is -2.36. The van der Waals surface area contributed by atoms with E-state index in [-0.39, 0.29) is 12.0 Å². The molecule has 1 aromatic heterocycles. The third kappa shape index (κ3) is 2.29. The van der Waals surface area contributed by atoms with Gasteiger partial charge in [-0.2, -0.15) is 0 Å². The summed E-state index contributed by atoms with van der Waals surface area (Å²) in [5.41, 5.74) is 2.84. The molecule has 2 aromatic rings. The first-order chi connectivity index (χ1) is 9.65. The van der Waals surface area contributed by atoms with Crippen molar-refractivity contribution in [2.24, 2.45) is 0 Å². The van der Waals surface area contributed by atoms with Crippen molar-refractivity contribution in [3.8, 4) is 5.75 Å². The second-order valence-corrected chi connectivity index (χ2v) is 5.25. The van der Waals surface area contributed by atoms with Crippen molar-refractivity contribution < 1.29 is 9.53 Å². The normalized spacial score (nSPS) is 16.6. The molecule has 20 heavy (non-hydrogen) atoms. The van der Waals surface area contributed by atoms with Gasteiger partial charge in [-0.3, -0.25) is 4.79 Å². The Morgan fingerprint density at radius 1 is 1.40 bits per heavy atom. The van der Waals surface area contributed by atoms with Crippen LogP contribution in [-0.2, 0) is 6.42 Å². The number of ether oxygens (including phenoxy) is 1. The van der Waals surface area contributed by atoms with Gasteiger partial charge in [0, 0.05) is 25.4 Å². The van der Waals surface area contributed by atoms with Crippen molar-refractivity contribution in [1.29, 1.82) is 0 Å². The maximum absolute atomic E-state index is 12.3. The number of amides is 1. The summed E-state index contributed by atoms with van der Waals surface area (Å²) in [4.78, 5) is 17.1. The van der Waals surface area contributed by atoms with Crippen molar-refractivity contribution >= 4 is 5.91 Å². The average molecular weight is 270 g/mol. The van der Waals surface area contributed by atoms with Gasteiger partial charge in [0.1, 0.15) is 11.9 Å². The highest BCUT2D eigenvalue weighted by Crippen LogP contribution is 2.28. The number of para-hydroxylation sites is 1. The van der Waals surface area contributed by atoms with Crippen molar-refractivity contribution in [3.05, 3.63) is 53.3 Å². The van der Waals surface area contributed by atoms with E-state index >= 15 is 0 Å². The van der Waals surface area contributed by atoms with Gasteiger partial charge in [-0.15, -0.1) is 0 Å². The fourth-order valence-electron chi connectivity index (χ4n) is 2.63. The van der Waals surface area contributed by atoms with Crippen LogP contribution in [0.3, 0.4) is 0 Å². The van der Waals surface area contributed by atoms with Crippen LogP contribution in [0, 0.1) is 6.92 Å². The minimum absolute atomic E-state index is 0.0308. The van der Waals surface area contributed by atoms with Crippen molar-refractivity contribution in [3.63, 3.8) is 0 Å². The van der Waals surface area contributed by atoms with E-state index in [4.69, 9.17) is 4.74 Å². The van der Waals surface area contributed by atoms with Gasteiger partial charge in [0.2, 0.25) is 0 Å². The third-order valence-corrected chi connectivity index (χ3v) is 3.72. The number of aromatic amines is 1. The third-order valence-electron chi connectivity index (χ3n) is 3.72. The summed E-state index contributed by atoms with van der Waals surface area (Å²) in [6.07, 6.45) is 2.69. The molecule has 2 heterocycles. The van der Waals surface area contributed by atoms with E-state index in [0.29, 0.717) is 6.54 Å². The number of fused-ring (bicyclic) bond motifs is 1. The van der Waals surface area contributed by atoms with Crippen molar-refractivity contribution in [1.82, 2.24) is 9.88 Å². The molecule has 0 radical (unpaired) electrons. The summed E-state index contributed by atoms with van der Waals surface area (Å²) in [7, 11) is 1.82. The molecule has 0 bridgehead atoms. The summed E-state index contributed by atoms with van der Waals surface area (Å²) in [6, 6.07) is 9.86. The number of carbonyl (C=O) groups is 1. The lowest BCUT2D eigenvalue weighted by molar-refractivity contribution is 0.0730. The smallest absolute Gasteiger partial charge is 0.255 e. The molecule has 0 saturated carbocycles. The van der Waals surface area contributed by atoms with Crippen LogP contribution in [0.15, 0.2) is 36.5 Å². The number of likely N-dealkylation sites (N-methyl/N-ethyl adjacent to an activating group) is 1. The molecule has 1 aliphatic rings. The number of H-pyrrole nitrogens is 1. The number of carbonyl (C=O) groups excluding carboxylic acids is 1. The molecule has 1 N–H and O–H groups in total. The second-order valence-electron chi connectivity index (χ2n) is 5.25. The van der Waals surface area contributed by atoms with Crippen LogP contribution in [0.1, 0.15) is 21.6 Å². The number of nitrogens with zero attached hydrogens (tertiary/aromatic N) is 1. The van der Waals surface area contributed by atoms with E-state index in [1.165, 1.54) is 5.56 Å². The predicted molar refractivity (Wildman–Crippen MR) is 77.1 cm³/mol. The van der Waals surface area contributed by atoms with Crippen LogP contribution >= 0.6 is 0 Å². The molecule has 1 atom stereocenters. The molecule has 1 aliphatic heterocycles. The standard InChI is InChI=1S/C16H18N2O2/c1-11-14(7-8-17-11)16(19)18(2)10-13-9-12-5-3-4-6-15(12)20-13/h3-8,13,17H,9-10H2,1-2H3/t13-/m1/s1. The van der Waals surface area contributed by atoms with Gasteiger partial charge >= 0.3 is 0 Å². The molecule has 1 amide bonds. The highest BCUT2D eigenvalue weighted by atomic mass is 16.5. The minimum Gasteiger partial charge on any atom is -0.488 e. The van der Waals surface area contributed by atoms with Gasteiger partial charge in [-0.25, -0.2) is 0 Å². The van der Waals surface area contributed by atoms with Crippen molar-refractivity contribution in [2.45, 2.75) is 19.4 Å². The summed E-state index contributed by atoms with van der Waals surface area (Å²) in [5, 5.41) is 0. The maximum Gasteiger partial charge on any atom is 0.255 e. The summed E-state index contributed by atoms with van der Waals surface area (Å²) in [5.74, 6) is 0.972. The molecule has 0 spiro atoms. The highest BCUT2D eigenvalue weighted by Gasteiger charge is 2.25. The second kappa shape index (κ2) is 5.04. The van der Waals surface area contributed by atoms with E-state index < -0.39 is 0 Å². The van der Waals surface area contributed by atoms with Crippen LogP contribution in [0.5, 0.6) is 5.75 Å². The van der Waals surface area contributed by atoms with Crippen LogP contribution in [0.25, 0.3) is 0 Å². The van der Waals surface area contributed by atoms with Crippen LogP contribution in [-0.4, -0.2) is 35.5 Å². The van der Waals surface area contributed by atoms with E-state index in [9.17, 15) is 4.79 Å². The predicted octanol–water partition coefficient (Wildman–Crippen LogP) is 2.40. The Bertz CT molecular complexity index is 608. The van der Waals surface area contributed by atoms with Gasteiger partial charge in [-0.05, 0) is 24.6 Å². The summed E-state index contributed by atoms with van der Waals surface area (Å²) in [6.45, 7) is 2.50. The first kappa shape index (κ1) is 12.8. The zero-order valence-corrected chi connectivity index (χ0v) is 11.7. The van der Waals surface area contributed by atoms with Gasteiger partial charge in [-0.1, -0.05) is 18.2 Å². The zero-order chi connectivity index (χ0) is 14.1. The molecule has 0 unspecified atom stereocenters. The van der Waals surface area contributed by atoms with Crippen LogP contribution in [0.2, 0.25) is 0 Å². The minimum atomic E-state index is 0.0308. The van der Waals surface area contributed by atoms with Crippen LogP contribution < -0.4 is 4.74 Å². The Morgan fingerprint density at radius 2 is 2.20 bits per heavy atom. The highest BCUT2D eigenvalue weighted by molar-refractivity contribution is 5.95. The maximum atomic E-state index is 12.3. The molecule has 0 saturated heterocycles. The van der Waals surface area contributed by atoms with Gasteiger partial charge in [0.15, 0.2) is 0 Å². The van der Waals surface area contributed by atoms with Crippen molar-refractivity contribution in [2.75, 3.05) is 13.6 Å². The van der Waals surface area contributed by atoms with E-state index in [0.717, 1.165) is 23.4 Å². The first-order valence-corrected chi connectivity index (χ1v) is 6.79. The number of nitrogens with one attached hydrogen (secondary N) is 1. The Kier molecular flexibility index (Phi) is 3.22. The van der Waals surface area contributed by atoms with E-state index in [1.54, 1.807) is 11.1 Å². The molecular formula is C16H18N2O2. The van der Waals surface area contributed by atoms with E-state index in [1.807, 2.05) is 38.2 Å². The molecule has 1 aromatic carbocycles. The molecule has 0 fully saturated rings. The number of benzene rings is 1. The number of hydrogen-bond acceptors (Lipinski definition) is 2. The lowest BCUT2D eigenvalue weighted by atomic mass is 10.1. The molecule has 3 rings (SSSR count). The first-order valence-electron chi connectivity index (χ1n) is 6.79. The number of aromatic nitrogens is 1. The SMILES string of the molecule is Cc1[nH]ccc1C(=O)N(C)C[C@H]1Cc2ccccc2O1. The fraction of sp³-hybridized carbons (Fsp3) is 0.312. The van der Waals surface area contributed by atoms with Gasteiger partial charge in [0.25, 0.3) is 5.91 Å². The fourth-order valence-corrected chi connectivity index (χ4v) is 2.63. The Morgan fingerprint density at radius 3 is 2.90 bits per heavy atom. The number of rotatable bonds is 3. The van der Waals surface area contributed by atoms with E-state index in [2.05, 4.69) is 11.1 Å². The lowest BCUT2D eigenvalue weighted by Gasteiger charge is -2.21. The number of hydrogen-bond donors (Lipinski definition) is 1. The topological polar surface area (TPSA) is 45.3 Å². The monoisotopic (exact) mass is 270 g/mol. The quantitative estimate of drug-likeness (QED) is 0.931.